The second kappa shape index (κ2) is 5.96. The molecule has 0 atom stereocenters. The van der Waals surface area contributed by atoms with E-state index in [9.17, 15) is 17.3 Å². The van der Waals surface area contributed by atoms with E-state index in [1.54, 1.807) is 0 Å². The van der Waals surface area contributed by atoms with Crippen molar-refractivity contribution in [2.75, 3.05) is 21.1 Å². The van der Waals surface area contributed by atoms with E-state index in [4.69, 9.17) is 11.6 Å². The number of halogens is 5. The molecule has 0 spiro atoms. The van der Waals surface area contributed by atoms with Crippen LogP contribution in [0.2, 0.25) is 5.02 Å². The molecule has 20 heavy (non-hydrogen) atoms. The Hall–Kier alpha value is -1.35. The van der Waals surface area contributed by atoms with Gasteiger partial charge >= 0.3 is 7.25 Å². The lowest BCUT2D eigenvalue weighted by Crippen LogP contribution is -2.36. The van der Waals surface area contributed by atoms with Crippen LogP contribution in [-0.2, 0) is 6.67 Å². The molecule has 10 heteroatoms. The maximum atomic E-state index is 9.75. The van der Waals surface area contributed by atoms with Crippen LogP contribution < -0.4 is 0 Å². The molecular weight excluding hydrogens is 298 g/mol. The maximum Gasteiger partial charge on any atom is 0.673 e. The minimum atomic E-state index is -6.00. The fourth-order valence-corrected chi connectivity index (χ4v) is 1.61. The van der Waals surface area contributed by atoms with E-state index in [1.165, 1.54) is 0 Å². The Balaban J connectivity index is 0.000000347. The number of fused-ring (bicyclic) bond motifs is 1. The van der Waals surface area contributed by atoms with Crippen molar-refractivity contribution in [1.82, 2.24) is 15.0 Å². The molecule has 1 aromatic carbocycles. The van der Waals surface area contributed by atoms with Gasteiger partial charge in [-0.15, -0.1) is 5.10 Å². The number of hydrogen-bond donors (Lipinski definition) is 0. The fourth-order valence-electron chi connectivity index (χ4n) is 1.44. The average molecular weight is 313 g/mol. The van der Waals surface area contributed by atoms with E-state index in [1.807, 2.05) is 22.9 Å². The van der Waals surface area contributed by atoms with Crippen molar-refractivity contribution < 1.29 is 21.7 Å². The SMILES string of the molecule is C[N+](C)(C)Cn1nnc2ccc(Cl)cc21.F[B-](F)(F)F. The Kier molecular flexibility index (Phi) is 4.98. The van der Waals surface area contributed by atoms with Gasteiger partial charge in [0.15, 0.2) is 6.67 Å². The maximum absolute atomic E-state index is 9.75. The van der Waals surface area contributed by atoms with Crippen LogP contribution in [0, 0.1) is 0 Å². The van der Waals surface area contributed by atoms with Crippen LogP contribution in [-0.4, -0.2) is 47.9 Å². The van der Waals surface area contributed by atoms with Crippen molar-refractivity contribution in [3.63, 3.8) is 0 Å². The van der Waals surface area contributed by atoms with E-state index >= 15 is 0 Å². The highest BCUT2D eigenvalue weighted by molar-refractivity contribution is 6.50. The molecule has 0 saturated heterocycles. The highest BCUT2D eigenvalue weighted by atomic mass is 35.5. The van der Waals surface area contributed by atoms with Gasteiger partial charge in [0.1, 0.15) is 5.52 Å². The summed E-state index contributed by atoms with van der Waals surface area (Å²) in [6, 6.07) is 5.61. The van der Waals surface area contributed by atoms with E-state index in [0.717, 1.165) is 22.2 Å². The largest absolute Gasteiger partial charge is 0.673 e. The number of aromatic nitrogens is 3. The van der Waals surface area contributed by atoms with Crippen molar-refractivity contribution in [2.24, 2.45) is 0 Å². The topological polar surface area (TPSA) is 30.7 Å². The van der Waals surface area contributed by atoms with Gasteiger partial charge in [0.2, 0.25) is 0 Å². The van der Waals surface area contributed by atoms with Gasteiger partial charge in [-0.2, -0.15) is 4.68 Å². The molecule has 0 bridgehead atoms. The molecule has 0 aliphatic carbocycles. The van der Waals surface area contributed by atoms with Crippen molar-refractivity contribution in [3.8, 4) is 0 Å². The normalized spacial score (nSPS) is 12.2. The zero-order chi connectivity index (χ0) is 15.6. The molecule has 0 saturated carbocycles. The third-order valence-electron chi connectivity index (χ3n) is 2.03. The second-order valence-electron chi connectivity index (χ2n) is 5.15. The Morgan fingerprint density at radius 2 is 1.75 bits per heavy atom. The summed E-state index contributed by atoms with van der Waals surface area (Å²) in [5, 5.41) is 8.92. The number of benzene rings is 1. The van der Waals surface area contributed by atoms with Crippen LogP contribution in [0.1, 0.15) is 0 Å². The smallest absolute Gasteiger partial charge is 0.418 e. The molecule has 0 fully saturated rings. The molecule has 0 radical (unpaired) electrons. The zero-order valence-corrected chi connectivity index (χ0v) is 12.0. The summed E-state index contributed by atoms with van der Waals surface area (Å²) in [7, 11) is 0.328. The van der Waals surface area contributed by atoms with Gasteiger partial charge in [-0.3, -0.25) is 0 Å². The molecule has 0 aliphatic rings. The van der Waals surface area contributed by atoms with Gasteiger partial charge in [0.25, 0.3) is 0 Å². The first-order chi connectivity index (χ1) is 8.96. The molecule has 112 valence electrons. The molecule has 0 aliphatic heterocycles. The van der Waals surface area contributed by atoms with Crippen LogP contribution in [0.25, 0.3) is 11.0 Å². The molecule has 2 aromatic rings. The van der Waals surface area contributed by atoms with Gasteiger partial charge in [-0.05, 0) is 18.2 Å². The summed E-state index contributed by atoms with van der Waals surface area (Å²) < 4.78 is 41.7. The summed E-state index contributed by atoms with van der Waals surface area (Å²) in [6.07, 6.45) is 0. The van der Waals surface area contributed by atoms with Crippen molar-refractivity contribution in [2.45, 2.75) is 6.67 Å². The summed E-state index contributed by atoms with van der Waals surface area (Å²) in [5.74, 6) is 0. The van der Waals surface area contributed by atoms with Gasteiger partial charge < -0.3 is 21.7 Å². The van der Waals surface area contributed by atoms with Gasteiger partial charge in [-0.25, -0.2) is 0 Å². The Morgan fingerprint density at radius 3 is 2.25 bits per heavy atom. The van der Waals surface area contributed by atoms with Crippen LogP contribution in [0.3, 0.4) is 0 Å². The third-order valence-corrected chi connectivity index (χ3v) is 2.27. The lowest BCUT2D eigenvalue weighted by molar-refractivity contribution is -0.893. The minimum Gasteiger partial charge on any atom is -0.418 e. The van der Waals surface area contributed by atoms with Crippen LogP contribution in [0.4, 0.5) is 17.3 Å². The van der Waals surface area contributed by atoms with E-state index < -0.39 is 7.25 Å². The van der Waals surface area contributed by atoms with E-state index in [-0.39, 0.29) is 0 Å². The zero-order valence-electron chi connectivity index (χ0n) is 11.2. The van der Waals surface area contributed by atoms with Crippen molar-refractivity contribution >= 4 is 29.9 Å². The Labute approximate surface area is 118 Å². The summed E-state index contributed by atoms with van der Waals surface area (Å²) in [4.78, 5) is 0. The highest BCUT2D eigenvalue weighted by Crippen LogP contribution is 2.17. The monoisotopic (exact) mass is 312 g/mol. The van der Waals surface area contributed by atoms with Crippen LogP contribution in [0.15, 0.2) is 18.2 Å². The summed E-state index contributed by atoms with van der Waals surface area (Å²) >= 11 is 5.94. The predicted octanol–water partition coefficient (Wildman–Crippen LogP) is 3.05. The molecule has 1 heterocycles. The second-order valence-corrected chi connectivity index (χ2v) is 5.59. The molecule has 2 rings (SSSR count). The van der Waals surface area contributed by atoms with Crippen LogP contribution >= 0.6 is 11.6 Å². The predicted molar refractivity (Wildman–Crippen MR) is 70.8 cm³/mol. The molecule has 0 N–H and O–H groups in total. The van der Waals surface area contributed by atoms with Crippen LogP contribution in [0.5, 0.6) is 0 Å². The summed E-state index contributed by atoms with van der Waals surface area (Å²) in [5.41, 5.74) is 1.86. The number of hydrogen-bond acceptors (Lipinski definition) is 2. The molecule has 1 aromatic heterocycles. The standard InChI is InChI=1S/C10H14ClN4.BF4/c1-15(2,3)7-14-10-6-8(11)4-5-9(10)12-13-14;2-1(3,4)5/h4-6H,7H2,1-3H3;/q+1;-1. The first kappa shape index (κ1) is 16.7. The van der Waals surface area contributed by atoms with Crippen molar-refractivity contribution in [3.05, 3.63) is 23.2 Å². The lowest BCUT2D eigenvalue weighted by Gasteiger charge is -2.23. The molecule has 0 amide bonds. The Bertz CT molecular complexity index is 573. The Morgan fingerprint density at radius 1 is 1.20 bits per heavy atom. The number of quaternary nitrogens is 1. The first-order valence-electron chi connectivity index (χ1n) is 5.62. The first-order valence-corrected chi connectivity index (χ1v) is 6.00. The molecular formula is C10H14BClF4N4. The quantitative estimate of drug-likeness (QED) is 0.485. The molecule has 4 nitrogen and oxygen atoms in total. The third kappa shape index (κ3) is 6.20. The van der Waals surface area contributed by atoms with Crippen molar-refractivity contribution in [1.29, 1.82) is 0 Å². The summed E-state index contributed by atoms with van der Waals surface area (Å²) in [6.45, 7) is 0.775. The minimum absolute atomic E-state index is 0.715. The lowest BCUT2D eigenvalue weighted by atomic mass is 10.3. The van der Waals surface area contributed by atoms with Gasteiger partial charge in [-0.1, -0.05) is 16.8 Å². The van der Waals surface area contributed by atoms with Gasteiger partial charge in [0.05, 0.1) is 26.7 Å². The van der Waals surface area contributed by atoms with Gasteiger partial charge in [0, 0.05) is 5.02 Å². The molecule has 0 unspecified atom stereocenters. The van der Waals surface area contributed by atoms with E-state index in [2.05, 4.69) is 31.5 Å². The number of nitrogens with zero attached hydrogens (tertiary/aromatic N) is 4. The highest BCUT2D eigenvalue weighted by Gasteiger charge is 2.20. The van der Waals surface area contributed by atoms with E-state index in [0.29, 0.717) is 5.02 Å². The average Bonchev–Trinajstić information content (AvgIpc) is 2.56. The number of rotatable bonds is 2. The fraction of sp³-hybridized carbons (Fsp3) is 0.400.